The summed E-state index contributed by atoms with van der Waals surface area (Å²) in [7, 11) is 5.57. The van der Waals surface area contributed by atoms with Gasteiger partial charge in [-0.3, -0.25) is 14.3 Å². The lowest BCUT2D eigenvalue weighted by Gasteiger charge is -2.11. The standard InChI is InChI=1S/C10H15N5O2/c1-13(2)4-5-15-8-7(14(3)6-11-8)9(16)12-10(15)17/h6H,4-5H2,1-3H3,(H,12,16,17). The van der Waals surface area contributed by atoms with Crippen LogP contribution in [-0.2, 0) is 13.6 Å². The van der Waals surface area contributed by atoms with Gasteiger partial charge in [-0.15, -0.1) is 0 Å². The normalized spacial score (nSPS) is 11.5. The largest absolute Gasteiger partial charge is 0.330 e. The number of aromatic nitrogens is 4. The summed E-state index contributed by atoms with van der Waals surface area (Å²) >= 11 is 0. The number of likely N-dealkylation sites (N-methyl/N-ethyl adjacent to an activating group) is 1. The molecule has 2 aromatic heterocycles. The molecule has 2 aromatic rings. The Morgan fingerprint density at radius 2 is 2.12 bits per heavy atom. The predicted molar refractivity (Wildman–Crippen MR) is 64.1 cm³/mol. The van der Waals surface area contributed by atoms with Crippen LogP contribution in [0.15, 0.2) is 15.9 Å². The average Bonchev–Trinajstić information content (AvgIpc) is 2.60. The van der Waals surface area contributed by atoms with Crippen molar-refractivity contribution in [2.75, 3.05) is 20.6 Å². The maximum atomic E-state index is 11.7. The van der Waals surface area contributed by atoms with Gasteiger partial charge in [-0.25, -0.2) is 9.78 Å². The first-order chi connectivity index (χ1) is 8.00. The van der Waals surface area contributed by atoms with Gasteiger partial charge in [0, 0.05) is 20.1 Å². The summed E-state index contributed by atoms with van der Waals surface area (Å²) in [5.74, 6) is 0. The minimum atomic E-state index is -0.414. The monoisotopic (exact) mass is 237 g/mol. The molecule has 0 spiro atoms. The topological polar surface area (TPSA) is 75.9 Å². The van der Waals surface area contributed by atoms with Crippen LogP contribution >= 0.6 is 0 Å². The van der Waals surface area contributed by atoms with E-state index >= 15 is 0 Å². The zero-order valence-electron chi connectivity index (χ0n) is 10.1. The molecule has 0 aliphatic rings. The van der Waals surface area contributed by atoms with Gasteiger partial charge in [0.25, 0.3) is 5.56 Å². The summed E-state index contributed by atoms with van der Waals surface area (Å²) in [4.78, 5) is 31.7. The summed E-state index contributed by atoms with van der Waals surface area (Å²) in [5, 5.41) is 0. The van der Waals surface area contributed by atoms with Gasteiger partial charge in [0.2, 0.25) is 0 Å². The highest BCUT2D eigenvalue weighted by atomic mass is 16.2. The lowest BCUT2D eigenvalue weighted by Crippen LogP contribution is -2.33. The van der Waals surface area contributed by atoms with Crippen molar-refractivity contribution in [1.29, 1.82) is 0 Å². The first-order valence-electron chi connectivity index (χ1n) is 5.29. The molecule has 0 fully saturated rings. The number of fused-ring (bicyclic) bond motifs is 1. The molecule has 0 bridgehead atoms. The third-order valence-corrected chi connectivity index (χ3v) is 2.62. The van der Waals surface area contributed by atoms with Gasteiger partial charge >= 0.3 is 5.69 Å². The van der Waals surface area contributed by atoms with Crippen LogP contribution in [0.5, 0.6) is 0 Å². The lowest BCUT2D eigenvalue weighted by molar-refractivity contribution is 0.382. The van der Waals surface area contributed by atoms with Gasteiger partial charge in [-0.1, -0.05) is 0 Å². The molecule has 1 N–H and O–H groups in total. The van der Waals surface area contributed by atoms with E-state index in [0.717, 1.165) is 0 Å². The van der Waals surface area contributed by atoms with E-state index in [2.05, 4.69) is 9.97 Å². The molecule has 7 heteroatoms. The molecular formula is C10H15N5O2. The summed E-state index contributed by atoms with van der Waals surface area (Å²) in [6.07, 6.45) is 1.53. The van der Waals surface area contributed by atoms with E-state index < -0.39 is 11.2 Å². The number of H-pyrrole nitrogens is 1. The van der Waals surface area contributed by atoms with Crippen LogP contribution in [-0.4, -0.2) is 44.6 Å². The molecule has 2 heterocycles. The van der Waals surface area contributed by atoms with E-state index in [1.165, 1.54) is 10.9 Å². The highest BCUT2D eigenvalue weighted by Gasteiger charge is 2.11. The Hall–Kier alpha value is -1.89. The van der Waals surface area contributed by atoms with Gasteiger partial charge in [0.05, 0.1) is 6.33 Å². The number of hydrogen-bond acceptors (Lipinski definition) is 4. The number of imidazole rings is 1. The highest BCUT2D eigenvalue weighted by molar-refractivity contribution is 5.69. The molecule has 0 aromatic carbocycles. The average molecular weight is 237 g/mol. The molecule has 7 nitrogen and oxygen atoms in total. The SMILES string of the molecule is CN(C)CCn1c(=O)[nH]c(=O)c2c1ncn2C. The van der Waals surface area contributed by atoms with E-state index in [9.17, 15) is 9.59 Å². The van der Waals surface area contributed by atoms with Crippen molar-refractivity contribution >= 4 is 11.2 Å². The Morgan fingerprint density at radius 1 is 1.41 bits per heavy atom. The van der Waals surface area contributed by atoms with Gasteiger partial charge in [0.15, 0.2) is 11.2 Å². The minimum Gasteiger partial charge on any atom is -0.328 e. The fourth-order valence-electron chi connectivity index (χ4n) is 1.70. The number of nitrogens with zero attached hydrogens (tertiary/aromatic N) is 4. The fraction of sp³-hybridized carbons (Fsp3) is 0.500. The van der Waals surface area contributed by atoms with E-state index in [-0.39, 0.29) is 0 Å². The zero-order chi connectivity index (χ0) is 12.6. The number of hydrogen-bond donors (Lipinski definition) is 1. The Labute approximate surface area is 97.3 Å². The van der Waals surface area contributed by atoms with Crippen LogP contribution in [0.3, 0.4) is 0 Å². The van der Waals surface area contributed by atoms with Crippen molar-refractivity contribution in [2.45, 2.75) is 6.54 Å². The minimum absolute atomic E-state index is 0.397. The fourth-order valence-corrected chi connectivity index (χ4v) is 1.70. The van der Waals surface area contributed by atoms with Crippen molar-refractivity contribution in [3.8, 4) is 0 Å². The molecule has 0 atom stereocenters. The first-order valence-corrected chi connectivity index (χ1v) is 5.29. The van der Waals surface area contributed by atoms with Gasteiger partial charge in [0.1, 0.15) is 0 Å². The predicted octanol–water partition coefficient (Wildman–Crippen LogP) is -1.02. The Morgan fingerprint density at radius 3 is 2.76 bits per heavy atom. The maximum absolute atomic E-state index is 11.7. The summed E-state index contributed by atoms with van der Waals surface area (Å²) in [5.41, 5.74) is 0.0422. The van der Waals surface area contributed by atoms with Crippen LogP contribution in [0, 0.1) is 0 Å². The van der Waals surface area contributed by atoms with Crippen LogP contribution in [0.1, 0.15) is 0 Å². The second-order valence-corrected chi connectivity index (χ2v) is 4.24. The van der Waals surface area contributed by atoms with Crippen molar-refractivity contribution in [3.05, 3.63) is 27.2 Å². The maximum Gasteiger partial charge on any atom is 0.330 e. The van der Waals surface area contributed by atoms with Crippen molar-refractivity contribution < 1.29 is 0 Å². The number of rotatable bonds is 3. The van der Waals surface area contributed by atoms with E-state index in [0.29, 0.717) is 24.3 Å². The first kappa shape index (κ1) is 11.6. The Bertz CT molecular complexity index is 649. The molecule has 0 saturated carbocycles. The van der Waals surface area contributed by atoms with Crippen LogP contribution in [0.25, 0.3) is 11.2 Å². The Balaban J connectivity index is 2.62. The molecule has 2 rings (SSSR count). The van der Waals surface area contributed by atoms with E-state index in [4.69, 9.17) is 0 Å². The van der Waals surface area contributed by atoms with Crippen molar-refractivity contribution in [3.63, 3.8) is 0 Å². The van der Waals surface area contributed by atoms with Gasteiger partial charge in [-0.2, -0.15) is 0 Å². The smallest absolute Gasteiger partial charge is 0.328 e. The van der Waals surface area contributed by atoms with Crippen LogP contribution in [0.2, 0.25) is 0 Å². The second kappa shape index (κ2) is 4.17. The lowest BCUT2D eigenvalue weighted by atomic mass is 10.5. The summed E-state index contributed by atoms with van der Waals surface area (Å²) < 4.78 is 3.09. The van der Waals surface area contributed by atoms with Crippen molar-refractivity contribution in [1.82, 2.24) is 24.0 Å². The molecule has 0 unspecified atom stereocenters. The summed E-state index contributed by atoms with van der Waals surface area (Å²) in [6, 6.07) is 0. The molecule has 17 heavy (non-hydrogen) atoms. The van der Waals surface area contributed by atoms with E-state index in [1.807, 2.05) is 19.0 Å². The van der Waals surface area contributed by atoms with E-state index in [1.54, 1.807) is 11.6 Å². The van der Waals surface area contributed by atoms with Crippen LogP contribution < -0.4 is 11.2 Å². The quantitative estimate of drug-likeness (QED) is 0.741. The highest BCUT2D eigenvalue weighted by Crippen LogP contribution is 2.03. The summed E-state index contributed by atoms with van der Waals surface area (Å²) in [6.45, 7) is 1.20. The van der Waals surface area contributed by atoms with Gasteiger partial charge < -0.3 is 9.47 Å². The molecule has 0 aliphatic heterocycles. The molecule has 0 aliphatic carbocycles. The molecular weight excluding hydrogens is 222 g/mol. The molecule has 0 radical (unpaired) electrons. The van der Waals surface area contributed by atoms with Gasteiger partial charge in [-0.05, 0) is 14.1 Å². The molecule has 92 valence electrons. The third-order valence-electron chi connectivity index (χ3n) is 2.62. The zero-order valence-corrected chi connectivity index (χ0v) is 10.1. The Kier molecular flexibility index (Phi) is 2.84. The third kappa shape index (κ3) is 2.01. The number of aromatic amines is 1. The number of aryl methyl sites for hydroxylation is 1. The van der Waals surface area contributed by atoms with Crippen molar-refractivity contribution in [2.24, 2.45) is 7.05 Å². The number of nitrogens with one attached hydrogen (secondary N) is 1. The molecule has 0 amide bonds. The molecule has 0 saturated heterocycles. The second-order valence-electron chi connectivity index (χ2n) is 4.24. The van der Waals surface area contributed by atoms with Crippen LogP contribution in [0.4, 0.5) is 0 Å².